The number of carbonyl (C=O) groups is 1. The van der Waals surface area contributed by atoms with E-state index in [1.165, 1.54) is 19.3 Å². The molecular formula is C14H26N2O2. The fourth-order valence-corrected chi connectivity index (χ4v) is 3.13. The van der Waals surface area contributed by atoms with E-state index in [4.69, 9.17) is 4.74 Å². The molecule has 2 aliphatic rings. The first kappa shape index (κ1) is 13.7. The summed E-state index contributed by atoms with van der Waals surface area (Å²) in [6.07, 6.45) is 6.82. The molecule has 18 heavy (non-hydrogen) atoms. The van der Waals surface area contributed by atoms with Gasteiger partial charge in [0.2, 0.25) is 0 Å². The van der Waals surface area contributed by atoms with Gasteiger partial charge in [0.25, 0.3) is 0 Å². The number of amides is 1. The van der Waals surface area contributed by atoms with Crippen molar-refractivity contribution < 1.29 is 9.53 Å². The van der Waals surface area contributed by atoms with Gasteiger partial charge in [-0.05, 0) is 45.1 Å². The lowest BCUT2D eigenvalue weighted by Crippen LogP contribution is -2.47. The van der Waals surface area contributed by atoms with E-state index < -0.39 is 0 Å². The third kappa shape index (κ3) is 3.37. The summed E-state index contributed by atoms with van der Waals surface area (Å²) in [5.74, 6) is 0.609. The van der Waals surface area contributed by atoms with Crippen molar-refractivity contribution in [2.75, 3.05) is 20.1 Å². The van der Waals surface area contributed by atoms with Gasteiger partial charge >= 0.3 is 6.09 Å². The largest absolute Gasteiger partial charge is 0.444 e. The Hall–Kier alpha value is -0.770. The molecule has 0 aromatic rings. The van der Waals surface area contributed by atoms with Gasteiger partial charge in [0, 0.05) is 19.1 Å². The number of piperidine rings is 1. The van der Waals surface area contributed by atoms with Crippen LogP contribution in [-0.2, 0) is 4.74 Å². The van der Waals surface area contributed by atoms with Crippen LogP contribution in [0.2, 0.25) is 0 Å². The fraction of sp³-hybridized carbons (Fsp3) is 0.929. The second-order valence-electron chi connectivity index (χ2n) is 5.80. The van der Waals surface area contributed by atoms with E-state index in [1.807, 2.05) is 11.9 Å². The highest BCUT2D eigenvalue weighted by atomic mass is 16.6. The number of rotatable bonds is 2. The van der Waals surface area contributed by atoms with Crippen LogP contribution >= 0.6 is 0 Å². The number of hydrogen-bond acceptors (Lipinski definition) is 3. The van der Waals surface area contributed by atoms with E-state index in [0.717, 1.165) is 32.4 Å². The minimum absolute atomic E-state index is 0.0634. The molecule has 1 aliphatic carbocycles. The number of nitrogens with one attached hydrogen (secondary N) is 1. The number of ether oxygens (including phenoxy) is 1. The molecule has 0 spiro atoms. The molecule has 1 saturated carbocycles. The highest BCUT2D eigenvalue weighted by Crippen LogP contribution is 2.23. The van der Waals surface area contributed by atoms with Crippen LogP contribution < -0.4 is 5.32 Å². The van der Waals surface area contributed by atoms with Gasteiger partial charge in [0.1, 0.15) is 6.10 Å². The summed E-state index contributed by atoms with van der Waals surface area (Å²) >= 11 is 0. The first-order valence-corrected chi connectivity index (χ1v) is 7.33. The van der Waals surface area contributed by atoms with Crippen molar-refractivity contribution in [1.29, 1.82) is 0 Å². The summed E-state index contributed by atoms with van der Waals surface area (Å²) in [6.45, 7) is 3.92. The van der Waals surface area contributed by atoms with Crippen molar-refractivity contribution in [2.45, 2.75) is 57.6 Å². The van der Waals surface area contributed by atoms with Gasteiger partial charge in [0.05, 0.1) is 0 Å². The van der Waals surface area contributed by atoms with Gasteiger partial charge in [-0.3, -0.25) is 0 Å². The number of likely N-dealkylation sites (tertiary alicyclic amines) is 1. The average Bonchev–Trinajstić information content (AvgIpc) is 2.39. The van der Waals surface area contributed by atoms with E-state index in [0.29, 0.717) is 12.0 Å². The SMILES string of the molecule is CNC1CCCCC1OC(=O)N1CCCC(C)C1. The third-order valence-electron chi connectivity index (χ3n) is 4.24. The van der Waals surface area contributed by atoms with Crippen molar-refractivity contribution in [2.24, 2.45) is 5.92 Å². The fourth-order valence-electron chi connectivity index (χ4n) is 3.13. The van der Waals surface area contributed by atoms with E-state index in [9.17, 15) is 4.79 Å². The van der Waals surface area contributed by atoms with Gasteiger partial charge < -0.3 is 15.0 Å². The first-order valence-electron chi connectivity index (χ1n) is 7.33. The monoisotopic (exact) mass is 254 g/mol. The molecule has 0 aromatic carbocycles. The maximum absolute atomic E-state index is 12.1. The standard InChI is InChI=1S/C14H26N2O2/c1-11-6-5-9-16(10-11)14(17)18-13-8-4-3-7-12(13)15-2/h11-13,15H,3-10H2,1-2H3. The molecule has 4 heteroatoms. The minimum Gasteiger partial charge on any atom is -0.444 e. The lowest BCUT2D eigenvalue weighted by molar-refractivity contribution is 0.0224. The summed E-state index contributed by atoms with van der Waals surface area (Å²) < 4.78 is 5.71. The molecule has 0 radical (unpaired) electrons. The molecular weight excluding hydrogens is 228 g/mol. The van der Waals surface area contributed by atoms with Crippen LogP contribution in [0.1, 0.15) is 45.4 Å². The summed E-state index contributed by atoms with van der Waals surface area (Å²) in [5, 5.41) is 3.28. The molecule has 0 aromatic heterocycles. The van der Waals surface area contributed by atoms with Crippen molar-refractivity contribution in [3.8, 4) is 0 Å². The molecule has 2 rings (SSSR count). The zero-order valence-corrected chi connectivity index (χ0v) is 11.7. The Morgan fingerprint density at radius 3 is 2.72 bits per heavy atom. The average molecular weight is 254 g/mol. The molecule has 3 atom stereocenters. The zero-order chi connectivity index (χ0) is 13.0. The molecule has 0 bridgehead atoms. The van der Waals surface area contributed by atoms with Gasteiger partial charge in [-0.1, -0.05) is 13.3 Å². The second-order valence-corrected chi connectivity index (χ2v) is 5.80. The number of likely N-dealkylation sites (N-methyl/N-ethyl adjacent to an activating group) is 1. The summed E-state index contributed by atoms with van der Waals surface area (Å²) in [4.78, 5) is 14.0. The van der Waals surface area contributed by atoms with Gasteiger partial charge in [0.15, 0.2) is 0 Å². The van der Waals surface area contributed by atoms with Crippen LogP contribution in [0.3, 0.4) is 0 Å². The zero-order valence-electron chi connectivity index (χ0n) is 11.7. The lowest BCUT2D eigenvalue weighted by atomic mass is 9.92. The Morgan fingerprint density at radius 2 is 2.00 bits per heavy atom. The van der Waals surface area contributed by atoms with Crippen LogP contribution in [0.15, 0.2) is 0 Å². The van der Waals surface area contributed by atoms with Crippen molar-refractivity contribution in [3.05, 3.63) is 0 Å². The normalized spacial score (nSPS) is 33.2. The van der Waals surface area contributed by atoms with Crippen molar-refractivity contribution in [3.63, 3.8) is 0 Å². The molecule has 1 amide bonds. The molecule has 1 heterocycles. The minimum atomic E-state index is -0.103. The van der Waals surface area contributed by atoms with E-state index in [2.05, 4.69) is 12.2 Å². The molecule has 1 saturated heterocycles. The molecule has 104 valence electrons. The highest BCUT2D eigenvalue weighted by Gasteiger charge is 2.30. The van der Waals surface area contributed by atoms with E-state index >= 15 is 0 Å². The third-order valence-corrected chi connectivity index (χ3v) is 4.24. The van der Waals surface area contributed by atoms with Gasteiger partial charge in [-0.15, -0.1) is 0 Å². The predicted molar refractivity (Wildman–Crippen MR) is 71.6 cm³/mol. The maximum atomic E-state index is 12.1. The van der Waals surface area contributed by atoms with Crippen molar-refractivity contribution >= 4 is 6.09 Å². The highest BCUT2D eigenvalue weighted by molar-refractivity contribution is 5.68. The molecule has 1 N–H and O–H groups in total. The van der Waals surface area contributed by atoms with Crippen LogP contribution in [0.5, 0.6) is 0 Å². The lowest BCUT2D eigenvalue weighted by Gasteiger charge is -2.35. The van der Waals surface area contributed by atoms with Crippen LogP contribution in [0, 0.1) is 5.92 Å². The van der Waals surface area contributed by atoms with Crippen LogP contribution in [0.4, 0.5) is 4.79 Å². The van der Waals surface area contributed by atoms with Crippen LogP contribution in [0.25, 0.3) is 0 Å². The Labute approximate surface area is 110 Å². The Kier molecular flexibility index (Phi) is 4.87. The Morgan fingerprint density at radius 1 is 1.22 bits per heavy atom. The Bertz CT molecular complexity index is 283. The molecule has 1 aliphatic heterocycles. The smallest absolute Gasteiger partial charge is 0.410 e. The summed E-state index contributed by atoms with van der Waals surface area (Å²) in [5.41, 5.74) is 0. The second kappa shape index (κ2) is 6.41. The van der Waals surface area contributed by atoms with Crippen molar-refractivity contribution in [1.82, 2.24) is 10.2 Å². The maximum Gasteiger partial charge on any atom is 0.410 e. The number of carbonyl (C=O) groups excluding carboxylic acids is 1. The summed E-state index contributed by atoms with van der Waals surface area (Å²) in [6, 6.07) is 0.338. The van der Waals surface area contributed by atoms with Gasteiger partial charge in [-0.2, -0.15) is 0 Å². The molecule has 4 nitrogen and oxygen atoms in total. The number of nitrogens with zero attached hydrogens (tertiary/aromatic N) is 1. The molecule has 3 unspecified atom stereocenters. The van der Waals surface area contributed by atoms with E-state index in [-0.39, 0.29) is 12.2 Å². The first-order chi connectivity index (χ1) is 8.70. The predicted octanol–water partition coefficient (Wildman–Crippen LogP) is 2.39. The Balaban J connectivity index is 1.85. The van der Waals surface area contributed by atoms with Gasteiger partial charge in [-0.25, -0.2) is 4.79 Å². The van der Waals surface area contributed by atoms with Crippen LogP contribution in [-0.4, -0.2) is 43.3 Å². The summed E-state index contributed by atoms with van der Waals surface area (Å²) in [7, 11) is 1.96. The topological polar surface area (TPSA) is 41.6 Å². The quantitative estimate of drug-likeness (QED) is 0.822. The number of hydrogen-bond donors (Lipinski definition) is 1. The molecule has 2 fully saturated rings. The van der Waals surface area contributed by atoms with E-state index in [1.54, 1.807) is 0 Å².